The van der Waals surface area contributed by atoms with Crippen molar-refractivity contribution in [3.63, 3.8) is 0 Å². The molecular formula is C16H22ClNO2. The summed E-state index contributed by atoms with van der Waals surface area (Å²) >= 11 is 5.91. The van der Waals surface area contributed by atoms with Gasteiger partial charge in [-0.05, 0) is 43.0 Å². The molecule has 1 aromatic rings. The van der Waals surface area contributed by atoms with Crippen molar-refractivity contribution in [3.05, 3.63) is 40.4 Å². The molecule has 1 aromatic carbocycles. The van der Waals surface area contributed by atoms with Gasteiger partial charge in [0, 0.05) is 23.7 Å². The van der Waals surface area contributed by atoms with Crippen LogP contribution in [-0.4, -0.2) is 24.2 Å². The molecule has 0 aliphatic rings. The highest BCUT2D eigenvalue weighted by atomic mass is 35.5. The zero-order chi connectivity index (χ0) is 15.0. The molecule has 0 aromatic heterocycles. The van der Waals surface area contributed by atoms with Gasteiger partial charge in [-0.1, -0.05) is 37.1 Å². The van der Waals surface area contributed by atoms with Crippen LogP contribution in [0.4, 0.5) is 0 Å². The molecule has 1 rings (SSSR count). The molecule has 0 spiro atoms. The van der Waals surface area contributed by atoms with Crippen molar-refractivity contribution in [2.45, 2.75) is 26.7 Å². The number of amides is 1. The summed E-state index contributed by atoms with van der Waals surface area (Å²) in [5.74, 6) is 0.240. The van der Waals surface area contributed by atoms with E-state index in [4.69, 9.17) is 16.7 Å². The Morgan fingerprint density at radius 1 is 1.50 bits per heavy atom. The van der Waals surface area contributed by atoms with E-state index < -0.39 is 0 Å². The highest BCUT2D eigenvalue weighted by molar-refractivity contribution is 6.30. The van der Waals surface area contributed by atoms with Crippen LogP contribution in [0.15, 0.2) is 29.8 Å². The maximum atomic E-state index is 12.0. The minimum atomic E-state index is -0.0821. The molecule has 0 aliphatic heterocycles. The molecule has 4 heteroatoms. The molecule has 20 heavy (non-hydrogen) atoms. The summed E-state index contributed by atoms with van der Waals surface area (Å²) in [6.45, 7) is 4.59. The first-order valence-corrected chi connectivity index (χ1v) is 7.27. The first kappa shape index (κ1) is 16.7. The van der Waals surface area contributed by atoms with Crippen molar-refractivity contribution in [2.24, 2.45) is 5.92 Å². The Morgan fingerprint density at radius 3 is 2.85 bits per heavy atom. The summed E-state index contributed by atoms with van der Waals surface area (Å²) in [4.78, 5) is 12.0. The van der Waals surface area contributed by atoms with Crippen LogP contribution < -0.4 is 5.32 Å². The third kappa shape index (κ3) is 5.76. The molecule has 110 valence electrons. The quantitative estimate of drug-likeness (QED) is 0.759. The number of halogens is 1. The van der Waals surface area contributed by atoms with E-state index in [-0.39, 0.29) is 12.5 Å². The number of aliphatic hydroxyl groups is 1. The largest absolute Gasteiger partial charge is 0.396 e. The van der Waals surface area contributed by atoms with E-state index in [1.54, 1.807) is 13.0 Å². The van der Waals surface area contributed by atoms with Crippen LogP contribution in [0, 0.1) is 5.92 Å². The van der Waals surface area contributed by atoms with Gasteiger partial charge < -0.3 is 10.4 Å². The smallest absolute Gasteiger partial charge is 0.246 e. The van der Waals surface area contributed by atoms with Crippen LogP contribution >= 0.6 is 11.6 Å². The van der Waals surface area contributed by atoms with E-state index in [9.17, 15) is 4.79 Å². The molecule has 1 unspecified atom stereocenters. The monoisotopic (exact) mass is 295 g/mol. The van der Waals surface area contributed by atoms with E-state index in [1.807, 2.05) is 24.3 Å². The van der Waals surface area contributed by atoms with Crippen LogP contribution in [0.1, 0.15) is 32.3 Å². The molecule has 0 aliphatic carbocycles. The molecule has 1 amide bonds. The fraction of sp³-hybridized carbons (Fsp3) is 0.438. The van der Waals surface area contributed by atoms with Gasteiger partial charge in [0.15, 0.2) is 0 Å². The fourth-order valence-corrected chi connectivity index (χ4v) is 2.12. The van der Waals surface area contributed by atoms with E-state index in [0.717, 1.165) is 12.0 Å². The number of hydrogen-bond donors (Lipinski definition) is 2. The lowest BCUT2D eigenvalue weighted by Crippen LogP contribution is -2.30. The van der Waals surface area contributed by atoms with Crippen LogP contribution in [-0.2, 0) is 4.79 Å². The summed E-state index contributed by atoms with van der Waals surface area (Å²) < 4.78 is 0. The second-order valence-corrected chi connectivity index (χ2v) is 5.32. The van der Waals surface area contributed by atoms with Crippen molar-refractivity contribution in [1.29, 1.82) is 0 Å². The number of carbonyl (C=O) groups excluding carboxylic acids is 1. The van der Waals surface area contributed by atoms with Crippen LogP contribution in [0.5, 0.6) is 0 Å². The molecule has 0 fully saturated rings. The number of carbonyl (C=O) groups is 1. The highest BCUT2D eigenvalue weighted by Gasteiger charge is 2.09. The Morgan fingerprint density at radius 2 is 2.25 bits per heavy atom. The van der Waals surface area contributed by atoms with Gasteiger partial charge in [-0.25, -0.2) is 0 Å². The predicted molar refractivity (Wildman–Crippen MR) is 83.6 cm³/mol. The molecule has 0 heterocycles. The second kappa shape index (κ2) is 8.77. The fourth-order valence-electron chi connectivity index (χ4n) is 1.92. The average molecular weight is 296 g/mol. The Kier molecular flexibility index (Phi) is 7.34. The zero-order valence-electron chi connectivity index (χ0n) is 12.0. The Hall–Kier alpha value is -1.32. The lowest BCUT2D eigenvalue weighted by Gasteiger charge is -2.14. The van der Waals surface area contributed by atoms with Gasteiger partial charge in [-0.15, -0.1) is 0 Å². The van der Waals surface area contributed by atoms with Crippen LogP contribution in [0.3, 0.4) is 0 Å². The average Bonchev–Trinajstić information content (AvgIpc) is 2.43. The van der Waals surface area contributed by atoms with Crippen molar-refractivity contribution in [3.8, 4) is 0 Å². The van der Waals surface area contributed by atoms with Gasteiger partial charge in [0.1, 0.15) is 0 Å². The van der Waals surface area contributed by atoms with E-state index in [1.165, 1.54) is 0 Å². The standard InChI is InChI=1S/C16H22ClNO2/c1-3-13(7-8-19)11-18-16(20)12(2)9-14-5-4-6-15(17)10-14/h4-6,9-10,13,19H,3,7-8,11H2,1-2H3,(H,18,20)/b12-9+. The van der Waals surface area contributed by atoms with Gasteiger partial charge >= 0.3 is 0 Å². The minimum Gasteiger partial charge on any atom is -0.396 e. The van der Waals surface area contributed by atoms with Gasteiger partial charge in [-0.3, -0.25) is 4.79 Å². The maximum Gasteiger partial charge on any atom is 0.246 e. The van der Waals surface area contributed by atoms with Crippen molar-refractivity contribution >= 4 is 23.6 Å². The number of rotatable bonds is 7. The highest BCUT2D eigenvalue weighted by Crippen LogP contribution is 2.14. The molecule has 1 atom stereocenters. The van der Waals surface area contributed by atoms with E-state index >= 15 is 0 Å². The van der Waals surface area contributed by atoms with Gasteiger partial charge in [0.25, 0.3) is 0 Å². The Labute approximate surface area is 125 Å². The summed E-state index contributed by atoms with van der Waals surface area (Å²) in [7, 11) is 0. The lowest BCUT2D eigenvalue weighted by molar-refractivity contribution is -0.117. The van der Waals surface area contributed by atoms with Crippen molar-refractivity contribution in [2.75, 3.05) is 13.2 Å². The normalized spacial score (nSPS) is 13.1. The SMILES string of the molecule is CCC(CCO)CNC(=O)/C(C)=C/c1cccc(Cl)c1. The predicted octanol–water partition coefficient (Wildman–Crippen LogP) is 3.27. The Bertz CT molecular complexity index is 471. The molecular weight excluding hydrogens is 274 g/mol. The Balaban J connectivity index is 2.58. The third-order valence-corrected chi connectivity index (χ3v) is 3.49. The van der Waals surface area contributed by atoms with Crippen molar-refractivity contribution < 1.29 is 9.90 Å². The summed E-state index contributed by atoms with van der Waals surface area (Å²) in [5, 5.41) is 12.5. The van der Waals surface area contributed by atoms with Crippen LogP contribution in [0.2, 0.25) is 5.02 Å². The number of nitrogens with one attached hydrogen (secondary N) is 1. The molecule has 0 bridgehead atoms. The number of hydrogen-bond acceptors (Lipinski definition) is 2. The number of benzene rings is 1. The molecule has 0 saturated heterocycles. The topological polar surface area (TPSA) is 49.3 Å². The van der Waals surface area contributed by atoms with E-state index in [0.29, 0.717) is 29.5 Å². The number of aliphatic hydroxyl groups excluding tert-OH is 1. The first-order chi connectivity index (χ1) is 9.56. The van der Waals surface area contributed by atoms with E-state index in [2.05, 4.69) is 12.2 Å². The van der Waals surface area contributed by atoms with Gasteiger partial charge in [0.05, 0.1) is 0 Å². The van der Waals surface area contributed by atoms with Gasteiger partial charge in [0.2, 0.25) is 5.91 Å². The molecule has 3 nitrogen and oxygen atoms in total. The first-order valence-electron chi connectivity index (χ1n) is 6.89. The molecule has 0 radical (unpaired) electrons. The van der Waals surface area contributed by atoms with Crippen molar-refractivity contribution in [1.82, 2.24) is 5.32 Å². The molecule has 2 N–H and O–H groups in total. The minimum absolute atomic E-state index is 0.0821. The molecule has 0 saturated carbocycles. The maximum absolute atomic E-state index is 12.0. The lowest BCUT2D eigenvalue weighted by atomic mass is 10.0. The zero-order valence-corrected chi connectivity index (χ0v) is 12.8. The van der Waals surface area contributed by atoms with Crippen LogP contribution in [0.25, 0.3) is 6.08 Å². The third-order valence-electron chi connectivity index (χ3n) is 3.26. The summed E-state index contributed by atoms with van der Waals surface area (Å²) in [6.07, 6.45) is 3.47. The summed E-state index contributed by atoms with van der Waals surface area (Å²) in [6, 6.07) is 7.38. The summed E-state index contributed by atoms with van der Waals surface area (Å²) in [5.41, 5.74) is 1.55. The second-order valence-electron chi connectivity index (χ2n) is 4.88. The van der Waals surface area contributed by atoms with Gasteiger partial charge in [-0.2, -0.15) is 0 Å².